The van der Waals surface area contributed by atoms with Crippen LogP contribution >= 0.6 is 11.3 Å². The predicted octanol–water partition coefficient (Wildman–Crippen LogP) is 4.44. The van der Waals surface area contributed by atoms with Crippen molar-refractivity contribution < 1.29 is 0 Å². The quantitative estimate of drug-likeness (QED) is 0.497. The molecule has 0 radical (unpaired) electrons. The number of nitrogens with two attached hydrogens (primary N) is 1. The Morgan fingerprint density at radius 2 is 2.00 bits per heavy atom. The van der Waals surface area contributed by atoms with E-state index in [0.29, 0.717) is 17.5 Å². The summed E-state index contributed by atoms with van der Waals surface area (Å²) in [5.41, 5.74) is 9.61. The second-order valence-corrected chi connectivity index (χ2v) is 8.98. The summed E-state index contributed by atoms with van der Waals surface area (Å²) in [6, 6.07) is 12.2. The normalized spacial score (nSPS) is 18.7. The molecule has 1 fully saturated rings. The molecule has 0 aliphatic heterocycles. The Bertz CT molecular complexity index is 1270. The van der Waals surface area contributed by atoms with Crippen molar-refractivity contribution in [3.05, 3.63) is 53.3 Å². The first-order valence-corrected chi connectivity index (χ1v) is 11.3. The third kappa shape index (κ3) is 3.67. The summed E-state index contributed by atoms with van der Waals surface area (Å²) in [7, 11) is 1.90. The summed E-state index contributed by atoms with van der Waals surface area (Å²) in [6.45, 7) is 0. The van der Waals surface area contributed by atoms with E-state index in [1.807, 2.05) is 54.3 Å². The van der Waals surface area contributed by atoms with Crippen LogP contribution in [0, 0.1) is 11.3 Å². The van der Waals surface area contributed by atoms with E-state index in [1.54, 1.807) is 11.3 Å². The molecule has 1 aliphatic carbocycles. The van der Waals surface area contributed by atoms with Crippen molar-refractivity contribution in [1.82, 2.24) is 19.7 Å². The van der Waals surface area contributed by atoms with E-state index in [0.717, 1.165) is 63.7 Å². The molecule has 3 heterocycles. The number of nitrogens with zero attached hydrogens (tertiary/aromatic N) is 5. The Kier molecular flexibility index (Phi) is 5.14. The minimum absolute atomic E-state index is 0.326. The lowest BCUT2D eigenvalue weighted by atomic mass is 9.87. The van der Waals surface area contributed by atoms with Crippen molar-refractivity contribution in [1.29, 1.82) is 5.26 Å². The zero-order chi connectivity index (χ0) is 21.4. The van der Waals surface area contributed by atoms with Crippen molar-refractivity contribution in [3.63, 3.8) is 0 Å². The first kappa shape index (κ1) is 19.7. The van der Waals surface area contributed by atoms with Crippen molar-refractivity contribution in [2.75, 3.05) is 12.4 Å². The maximum absolute atomic E-state index is 9.13. The van der Waals surface area contributed by atoms with Gasteiger partial charge in [0.05, 0.1) is 22.7 Å². The summed E-state index contributed by atoms with van der Waals surface area (Å²) >= 11 is 1.65. The number of anilines is 1. The second kappa shape index (κ2) is 8.10. The highest BCUT2D eigenvalue weighted by Crippen LogP contribution is 2.38. The van der Waals surface area contributed by atoms with Gasteiger partial charge in [-0.3, -0.25) is 0 Å². The maximum Gasteiger partial charge on any atom is 0.151 e. The van der Waals surface area contributed by atoms with E-state index in [-0.39, 0.29) is 0 Å². The average Bonchev–Trinajstić information content (AvgIpc) is 3.46. The Balaban J connectivity index is 1.47. The monoisotopic (exact) mass is 429 g/mol. The molecule has 5 rings (SSSR count). The highest BCUT2D eigenvalue weighted by Gasteiger charge is 2.24. The van der Waals surface area contributed by atoms with Crippen molar-refractivity contribution in [2.24, 2.45) is 5.73 Å². The van der Waals surface area contributed by atoms with E-state index >= 15 is 0 Å². The Morgan fingerprint density at radius 3 is 2.77 bits per heavy atom. The largest absolute Gasteiger partial charge is 0.387 e. The van der Waals surface area contributed by atoms with Crippen LogP contribution in [0.1, 0.15) is 42.2 Å². The number of nitrogens with one attached hydrogen (secondary N) is 1. The lowest BCUT2D eigenvalue weighted by molar-refractivity contribution is 0.393. The number of hydrogen-bond acceptors (Lipinski definition) is 7. The molecule has 31 heavy (non-hydrogen) atoms. The molecule has 0 atom stereocenters. The molecule has 0 saturated heterocycles. The van der Waals surface area contributed by atoms with Crippen LogP contribution in [0.5, 0.6) is 0 Å². The smallest absolute Gasteiger partial charge is 0.151 e. The van der Waals surface area contributed by atoms with Gasteiger partial charge in [0.2, 0.25) is 0 Å². The molecule has 7 nitrogen and oxygen atoms in total. The molecular formula is C23H23N7S. The van der Waals surface area contributed by atoms with Crippen molar-refractivity contribution in [2.45, 2.75) is 37.6 Å². The van der Waals surface area contributed by atoms with Crippen molar-refractivity contribution >= 4 is 27.9 Å². The molecular weight excluding hydrogens is 406 g/mol. The lowest BCUT2D eigenvalue weighted by Gasteiger charge is -2.23. The van der Waals surface area contributed by atoms with Gasteiger partial charge in [0, 0.05) is 48.5 Å². The summed E-state index contributed by atoms with van der Waals surface area (Å²) < 4.78 is 2.03. The molecule has 0 unspecified atom stereocenters. The van der Waals surface area contributed by atoms with Gasteiger partial charge in [-0.05, 0) is 49.9 Å². The fourth-order valence-electron chi connectivity index (χ4n) is 4.24. The highest BCUT2D eigenvalue weighted by molar-refractivity contribution is 7.14. The van der Waals surface area contributed by atoms with E-state index in [4.69, 9.17) is 16.0 Å². The van der Waals surface area contributed by atoms with E-state index in [2.05, 4.69) is 21.6 Å². The number of rotatable bonds is 4. The van der Waals surface area contributed by atoms with Gasteiger partial charge in [-0.15, -0.1) is 10.2 Å². The molecule has 4 aromatic rings. The number of fused-ring (bicyclic) bond motifs is 1. The molecule has 1 aromatic carbocycles. The molecule has 1 aliphatic rings. The van der Waals surface area contributed by atoms with Crippen LogP contribution in [0.3, 0.4) is 0 Å². The van der Waals surface area contributed by atoms with Gasteiger partial charge >= 0.3 is 0 Å². The first-order valence-electron chi connectivity index (χ1n) is 10.4. The molecule has 0 amide bonds. The Morgan fingerprint density at radius 1 is 1.16 bits per heavy atom. The van der Waals surface area contributed by atoms with Crippen LogP contribution < -0.4 is 11.1 Å². The van der Waals surface area contributed by atoms with Gasteiger partial charge in [0.25, 0.3) is 0 Å². The van der Waals surface area contributed by atoms with Crippen molar-refractivity contribution in [3.8, 4) is 22.5 Å². The van der Waals surface area contributed by atoms with Gasteiger partial charge in [0.1, 0.15) is 10.8 Å². The van der Waals surface area contributed by atoms with Crippen LogP contribution in [0.25, 0.3) is 27.3 Å². The van der Waals surface area contributed by atoms with Gasteiger partial charge in [0.15, 0.2) is 5.01 Å². The summed E-state index contributed by atoms with van der Waals surface area (Å²) in [5, 5.41) is 24.4. The van der Waals surface area contributed by atoms with E-state index < -0.39 is 0 Å². The zero-order valence-corrected chi connectivity index (χ0v) is 18.1. The van der Waals surface area contributed by atoms with E-state index in [9.17, 15) is 0 Å². The summed E-state index contributed by atoms with van der Waals surface area (Å²) in [6.07, 6.45) is 8.11. The fraction of sp³-hybridized carbons (Fsp3) is 0.304. The summed E-state index contributed by atoms with van der Waals surface area (Å²) in [4.78, 5) is 4.71. The third-order valence-electron chi connectivity index (χ3n) is 6.02. The zero-order valence-electron chi connectivity index (χ0n) is 17.2. The average molecular weight is 430 g/mol. The predicted molar refractivity (Wildman–Crippen MR) is 123 cm³/mol. The topological polar surface area (TPSA) is 105 Å². The van der Waals surface area contributed by atoms with E-state index in [1.165, 1.54) is 0 Å². The van der Waals surface area contributed by atoms with Crippen LogP contribution in [0.2, 0.25) is 0 Å². The Labute approximate surface area is 184 Å². The first-order chi connectivity index (χ1) is 15.2. The standard InChI is InChI=1S/C23H23N7S/c1-26-19-11-21(30-9-8-16-10-14(12-24)2-7-20(16)30)27-13-18(19)23-29-28-22(31-23)15-3-5-17(25)6-4-15/h2,7-11,13,15,17H,3-6,25H2,1H3,(H,26,27)/t15-,17-. The van der Waals surface area contributed by atoms with Gasteiger partial charge < -0.3 is 15.6 Å². The number of hydrogen-bond donors (Lipinski definition) is 2. The minimum atomic E-state index is 0.326. The summed E-state index contributed by atoms with van der Waals surface area (Å²) in [5.74, 6) is 1.26. The lowest BCUT2D eigenvalue weighted by Crippen LogP contribution is -2.25. The highest BCUT2D eigenvalue weighted by atomic mass is 32.1. The fourth-order valence-corrected chi connectivity index (χ4v) is 5.28. The number of pyridine rings is 1. The third-order valence-corrected chi connectivity index (χ3v) is 7.14. The molecule has 0 spiro atoms. The molecule has 8 heteroatoms. The number of nitriles is 1. The van der Waals surface area contributed by atoms with Crippen LogP contribution in [0.4, 0.5) is 5.69 Å². The molecule has 156 valence electrons. The number of aromatic nitrogens is 4. The SMILES string of the molecule is CNc1cc(-n2ccc3cc(C#N)ccc32)ncc1-c1nnc([C@H]2CC[C@H](N)CC2)s1. The molecule has 0 bridgehead atoms. The molecule has 3 aromatic heterocycles. The Hall–Kier alpha value is -3.28. The van der Waals surface area contributed by atoms with Crippen LogP contribution in [-0.2, 0) is 0 Å². The van der Waals surface area contributed by atoms with Crippen LogP contribution in [-0.4, -0.2) is 32.8 Å². The van der Waals surface area contributed by atoms with Gasteiger partial charge in [-0.1, -0.05) is 11.3 Å². The van der Waals surface area contributed by atoms with Crippen LogP contribution in [0.15, 0.2) is 42.7 Å². The number of benzene rings is 1. The van der Waals surface area contributed by atoms with Gasteiger partial charge in [-0.25, -0.2) is 4.98 Å². The molecule has 1 saturated carbocycles. The maximum atomic E-state index is 9.13. The molecule has 3 N–H and O–H groups in total. The minimum Gasteiger partial charge on any atom is -0.387 e. The second-order valence-electron chi connectivity index (χ2n) is 7.97. The van der Waals surface area contributed by atoms with Gasteiger partial charge in [-0.2, -0.15) is 5.26 Å².